The van der Waals surface area contributed by atoms with Crippen molar-refractivity contribution in [3.05, 3.63) is 83.1 Å². The molecule has 0 aromatic heterocycles. The molecular weight excluding hydrogens is 376 g/mol. The lowest BCUT2D eigenvalue weighted by Crippen LogP contribution is -2.16. The highest BCUT2D eigenvalue weighted by Crippen LogP contribution is 2.42. The summed E-state index contributed by atoms with van der Waals surface area (Å²) in [6.45, 7) is 21.0. The molecule has 31 heavy (non-hydrogen) atoms. The van der Waals surface area contributed by atoms with Crippen molar-refractivity contribution in [1.82, 2.24) is 0 Å². The maximum Gasteiger partial charge on any atom is 0.0669 e. The van der Waals surface area contributed by atoms with Crippen molar-refractivity contribution in [3.8, 4) is 0 Å². The molecule has 0 unspecified atom stereocenters. The third-order valence-electron chi connectivity index (χ3n) is 5.37. The van der Waals surface area contributed by atoms with E-state index in [0.29, 0.717) is 0 Å². The van der Waals surface area contributed by atoms with E-state index in [1.54, 1.807) is 0 Å². The largest absolute Gasteiger partial charge is 0.358 e. The summed E-state index contributed by atoms with van der Waals surface area (Å²) in [5.41, 5.74) is 7.86. The molecule has 2 aliphatic heterocycles. The van der Waals surface area contributed by atoms with Crippen LogP contribution in [0.4, 0.5) is 11.4 Å². The summed E-state index contributed by atoms with van der Waals surface area (Å²) in [5, 5.41) is 3.47. The molecule has 2 nitrogen and oxygen atoms in total. The molecule has 1 N–H and O–H groups in total. The number of hydrogen-bond acceptors (Lipinski definition) is 2. The molecule has 0 radical (unpaired) electrons. The van der Waals surface area contributed by atoms with Gasteiger partial charge in [0.1, 0.15) is 0 Å². The van der Waals surface area contributed by atoms with Crippen LogP contribution in [0.25, 0.3) is 0 Å². The van der Waals surface area contributed by atoms with Crippen molar-refractivity contribution in [2.24, 2.45) is 4.99 Å². The number of hydrogen-bond donors (Lipinski definition) is 1. The maximum absolute atomic E-state index is 4.39. The topological polar surface area (TPSA) is 24.4 Å². The average Bonchev–Trinajstić information content (AvgIpc) is 3.22. The molecule has 0 atom stereocenters. The van der Waals surface area contributed by atoms with Crippen molar-refractivity contribution in [3.63, 3.8) is 0 Å². The molecule has 2 aliphatic rings. The normalized spacial score (nSPS) is 17.3. The van der Waals surface area contributed by atoms with E-state index in [0.717, 1.165) is 5.69 Å². The van der Waals surface area contributed by atoms with Gasteiger partial charge in [-0.2, -0.15) is 0 Å². The second-order valence-corrected chi connectivity index (χ2v) is 8.40. The van der Waals surface area contributed by atoms with Crippen molar-refractivity contribution < 1.29 is 0 Å². The van der Waals surface area contributed by atoms with Crippen LogP contribution in [0.2, 0.25) is 0 Å². The standard InChI is InChI=1S/C14H17N.C11H13N.2C2H6/c1-4-5-10-13-14(2,3)11-8-6-7-9-12(11)15-13;1-8-4-5-9-10(6-8)12-7-11(9,2)3;2*1-2/h4-10,15H,1-3H3;4-7H,1-3H3;2*1-2H3/b5-4+,13-10+;;;. The van der Waals surface area contributed by atoms with Gasteiger partial charge in [-0.25, -0.2) is 0 Å². The van der Waals surface area contributed by atoms with Gasteiger partial charge in [0.25, 0.3) is 0 Å². The predicted octanol–water partition coefficient (Wildman–Crippen LogP) is 8.89. The molecule has 0 aliphatic carbocycles. The fraction of sp³-hybridized carbons (Fsp3) is 0.414. The average molecular weight is 419 g/mol. The van der Waals surface area contributed by atoms with Crippen molar-refractivity contribution in [2.45, 2.75) is 80.1 Å². The van der Waals surface area contributed by atoms with E-state index in [1.165, 1.54) is 28.1 Å². The molecule has 2 aromatic carbocycles. The first-order chi connectivity index (χ1) is 14.8. The van der Waals surface area contributed by atoms with Crippen LogP contribution in [-0.2, 0) is 10.8 Å². The van der Waals surface area contributed by atoms with Gasteiger partial charge < -0.3 is 5.32 Å². The maximum atomic E-state index is 4.39. The predicted molar refractivity (Wildman–Crippen MR) is 141 cm³/mol. The molecule has 2 heterocycles. The Hall–Kier alpha value is -2.61. The SMILES string of the molecule is C/C=C/C=C1/Nc2ccccc2C1(C)C.CC.CC.Cc1ccc2c(c1)N=CC2(C)C. The van der Waals surface area contributed by atoms with Crippen LogP contribution in [-0.4, -0.2) is 6.21 Å². The molecule has 2 aromatic rings. The second-order valence-electron chi connectivity index (χ2n) is 8.40. The highest BCUT2D eigenvalue weighted by molar-refractivity contribution is 5.84. The van der Waals surface area contributed by atoms with Crippen LogP contribution >= 0.6 is 0 Å². The molecule has 0 spiro atoms. The Bertz CT molecular complexity index is 928. The van der Waals surface area contributed by atoms with Gasteiger partial charge in [0.2, 0.25) is 0 Å². The fourth-order valence-electron chi connectivity index (χ4n) is 3.62. The van der Waals surface area contributed by atoms with E-state index in [-0.39, 0.29) is 10.8 Å². The molecule has 0 fully saturated rings. The van der Waals surface area contributed by atoms with Crippen molar-refractivity contribution >= 4 is 17.6 Å². The highest BCUT2D eigenvalue weighted by Gasteiger charge is 2.33. The Balaban J connectivity index is 0.000000272. The first-order valence-electron chi connectivity index (χ1n) is 11.6. The minimum atomic E-state index is 0.0934. The number of aryl methyl sites for hydroxylation is 1. The summed E-state index contributed by atoms with van der Waals surface area (Å²) in [4.78, 5) is 4.39. The van der Waals surface area contributed by atoms with Gasteiger partial charge in [-0.05, 0) is 48.7 Å². The lowest BCUT2D eigenvalue weighted by Gasteiger charge is -2.19. The lowest BCUT2D eigenvalue weighted by atomic mass is 9.84. The summed E-state index contributed by atoms with van der Waals surface area (Å²) in [7, 11) is 0. The Morgan fingerprint density at radius 3 is 2.13 bits per heavy atom. The van der Waals surface area contributed by atoms with E-state index >= 15 is 0 Å². The van der Waals surface area contributed by atoms with Crippen LogP contribution in [0.15, 0.2) is 71.4 Å². The smallest absolute Gasteiger partial charge is 0.0669 e. The zero-order valence-electron chi connectivity index (χ0n) is 21.3. The molecule has 0 saturated carbocycles. The minimum Gasteiger partial charge on any atom is -0.358 e. The number of aliphatic imine (C=N–C) groups is 1. The lowest BCUT2D eigenvalue weighted by molar-refractivity contribution is 0.654. The van der Waals surface area contributed by atoms with Crippen LogP contribution in [0.5, 0.6) is 0 Å². The van der Waals surface area contributed by atoms with Gasteiger partial charge in [-0.15, -0.1) is 0 Å². The summed E-state index contributed by atoms with van der Waals surface area (Å²) in [6.07, 6.45) is 8.31. The first-order valence-corrected chi connectivity index (χ1v) is 11.6. The van der Waals surface area contributed by atoms with E-state index in [9.17, 15) is 0 Å². The van der Waals surface area contributed by atoms with Gasteiger partial charge in [-0.3, -0.25) is 4.99 Å². The molecule has 0 saturated heterocycles. The Labute approximate surface area is 191 Å². The van der Waals surface area contributed by atoms with Gasteiger partial charge in [0.05, 0.1) is 5.69 Å². The number of allylic oxidation sites excluding steroid dienone is 4. The summed E-state index contributed by atoms with van der Waals surface area (Å²) >= 11 is 0. The third kappa shape index (κ3) is 6.19. The number of nitrogens with one attached hydrogen (secondary N) is 1. The zero-order valence-corrected chi connectivity index (χ0v) is 21.3. The fourth-order valence-corrected chi connectivity index (χ4v) is 3.62. The molecular formula is C29H42N2. The number of rotatable bonds is 1. The van der Waals surface area contributed by atoms with Crippen LogP contribution in [0.3, 0.4) is 0 Å². The summed E-state index contributed by atoms with van der Waals surface area (Å²) < 4.78 is 0. The number of para-hydroxylation sites is 1. The monoisotopic (exact) mass is 418 g/mol. The molecule has 0 bridgehead atoms. The van der Waals surface area contributed by atoms with Crippen molar-refractivity contribution in [1.29, 1.82) is 0 Å². The van der Waals surface area contributed by atoms with Gasteiger partial charge in [0.15, 0.2) is 0 Å². The molecule has 2 heteroatoms. The number of anilines is 1. The van der Waals surface area contributed by atoms with Crippen LogP contribution < -0.4 is 5.32 Å². The molecule has 0 amide bonds. The zero-order chi connectivity index (χ0) is 23.7. The summed E-state index contributed by atoms with van der Waals surface area (Å²) in [6, 6.07) is 15.0. The van der Waals surface area contributed by atoms with E-state index in [2.05, 4.69) is 99.5 Å². The highest BCUT2D eigenvalue weighted by atomic mass is 14.9. The first kappa shape index (κ1) is 26.4. The quantitative estimate of drug-likeness (QED) is 0.491. The van der Waals surface area contributed by atoms with Gasteiger partial charge >= 0.3 is 0 Å². The second kappa shape index (κ2) is 11.7. The third-order valence-corrected chi connectivity index (χ3v) is 5.37. The van der Waals surface area contributed by atoms with Crippen molar-refractivity contribution in [2.75, 3.05) is 5.32 Å². The van der Waals surface area contributed by atoms with Crippen LogP contribution in [0.1, 0.15) is 79.0 Å². The Morgan fingerprint density at radius 1 is 0.871 bits per heavy atom. The Morgan fingerprint density at radius 2 is 1.52 bits per heavy atom. The van der Waals surface area contributed by atoms with E-state index in [1.807, 2.05) is 46.9 Å². The van der Waals surface area contributed by atoms with Gasteiger partial charge in [0, 0.05) is 28.4 Å². The van der Waals surface area contributed by atoms with E-state index < -0.39 is 0 Å². The number of fused-ring (bicyclic) bond motifs is 2. The molecule has 168 valence electrons. The van der Waals surface area contributed by atoms with Gasteiger partial charge in [-0.1, -0.05) is 97.9 Å². The number of benzene rings is 2. The van der Waals surface area contributed by atoms with E-state index in [4.69, 9.17) is 0 Å². The number of nitrogens with zero attached hydrogens (tertiary/aromatic N) is 1. The molecule has 4 rings (SSSR count). The Kier molecular flexibility index (Phi) is 9.97. The minimum absolute atomic E-state index is 0.0934. The van der Waals surface area contributed by atoms with Crippen LogP contribution in [0, 0.1) is 6.92 Å². The summed E-state index contributed by atoms with van der Waals surface area (Å²) in [5.74, 6) is 0.